The standard InChI is InChI=1S/C19H28N4O5/c1-26-16-4-3-15(12-17(16)27-2)23-13-14(11-18(23)24)21-19(25)20-5-6-22-7-9-28-10-8-22/h3-4,12,14H,5-11,13H2,1-2H3,(H2,20,21,25)/t14-/m0/s1. The van der Waals surface area contributed by atoms with Gasteiger partial charge in [-0.05, 0) is 12.1 Å². The van der Waals surface area contributed by atoms with Gasteiger partial charge in [-0.1, -0.05) is 0 Å². The number of anilines is 1. The van der Waals surface area contributed by atoms with Crippen LogP contribution >= 0.6 is 0 Å². The number of benzene rings is 1. The molecule has 9 heteroatoms. The number of urea groups is 1. The molecule has 3 amide bonds. The topological polar surface area (TPSA) is 92.4 Å². The summed E-state index contributed by atoms with van der Waals surface area (Å²) >= 11 is 0. The fourth-order valence-corrected chi connectivity index (χ4v) is 3.44. The van der Waals surface area contributed by atoms with Crippen molar-refractivity contribution in [2.45, 2.75) is 12.5 Å². The molecule has 1 aromatic carbocycles. The van der Waals surface area contributed by atoms with Crippen molar-refractivity contribution in [3.8, 4) is 11.5 Å². The number of nitrogens with one attached hydrogen (secondary N) is 2. The van der Waals surface area contributed by atoms with Crippen molar-refractivity contribution in [3.63, 3.8) is 0 Å². The number of methoxy groups -OCH3 is 2. The molecule has 2 saturated heterocycles. The average molecular weight is 392 g/mol. The van der Waals surface area contributed by atoms with E-state index in [9.17, 15) is 9.59 Å². The Bertz CT molecular complexity index is 693. The first-order chi connectivity index (χ1) is 13.6. The number of rotatable bonds is 7. The number of ether oxygens (including phenoxy) is 3. The number of hydrogen-bond acceptors (Lipinski definition) is 6. The van der Waals surface area contributed by atoms with Crippen LogP contribution in [0.25, 0.3) is 0 Å². The Hall–Kier alpha value is -2.52. The molecule has 2 aliphatic rings. The van der Waals surface area contributed by atoms with Crippen LogP contribution in [0.3, 0.4) is 0 Å². The zero-order valence-corrected chi connectivity index (χ0v) is 16.4. The van der Waals surface area contributed by atoms with E-state index in [1.54, 1.807) is 31.3 Å². The van der Waals surface area contributed by atoms with Crippen LogP contribution in [0.4, 0.5) is 10.5 Å². The van der Waals surface area contributed by atoms with Gasteiger partial charge in [0.25, 0.3) is 0 Å². The Morgan fingerprint density at radius 1 is 1.21 bits per heavy atom. The number of morpholine rings is 1. The van der Waals surface area contributed by atoms with Gasteiger partial charge < -0.3 is 29.7 Å². The highest BCUT2D eigenvalue weighted by Gasteiger charge is 2.32. The number of carbonyl (C=O) groups excluding carboxylic acids is 2. The second kappa shape index (κ2) is 9.61. The molecule has 0 aromatic heterocycles. The summed E-state index contributed by atoms with van der Waals surface area (Å²) in [5, 5.41) is 5.75. The first-order valence-electron chi connectivity index (χ1n) is 9.47. The maximum absolute atomic E-state index is 12.4. The average Bonchev–Trinajstić information content (AvgIpc) is 3.08. The molecular weight excluding hydrogens is 364 g/mol. The van der Waals surface area contributed by atoms with Gasteiger partial charge in [0.2, 0.25) is 5.91 Å². The van der Waals surface area contributed by atoms with Crippen molar-refractivity contribution in [3.05, 3.63) is 18.2 Å². The smallest absolute Gasteiger partial charge is 0.315 e. The van der Waals surface area contributed by atoms with Gasteiger partial charge in [-0.2, -0.15) is 0 Å². The SMILES string of the molecule is COc1ccc(N2C[C@@H](NC(=O)NCCN3CCOCC3)CC2=O)cc1OC. The molecule has 2 fully saturated rings. The number of hydrogen-bond donors (Lipinski definition) is 2. The molecule has 0 unspecified atom stereocenters. The maximum atomic E-state index is 12.4. The Morgan fingerprint density at radius 2 is 1.96 bits per heavy atom. The van der Waals surface area contributed by atoms with E-state index in [1.807, 2.05) is 6.07 Å². The number of amides is 3. The summed E-state index contributed by atoms with van der Waals surface area (Å²) in [5.74, 6) is 1.13. The second-order valence-corrected chi connectivity index (χ2v) is 6.80. The summed E-state index contributed by atoms with van der Waals surface area (Å²) in [4.78, 5) is 28.5. The van der Waals surface area contributed by atoms with E-state index in [-0.39, 0.29) is 24.4 Å². The molecule has 0 spiro atoms. The van der Waals surface area contributed by atoms with Crippen LogP contribution < -0.4 is 25.0 Å². The van der Waals surface area contributed by atoms with E-state index < -0.39 is 0 Å². The van der Waals surface area contributed by atoms with Crippen molar-refractivity contribution in [1.82, 2.24) is 15.5 Å². The quantitative estimate of drug-likeness (QED) is 0.700. The van der Waals surface area contributed by atoms with E-state index in [2.05, 4.69) is 15.5 Å². The molecule has 0 radical (unpaired) electrons. The maximum Gasteiger partial charge on any atom is 0.315 e. The molecule has 1 atom stereocenters. The molecular formula is C19H28N4O5. The van der Waals surface area contributed by atoms with Crippen LogP contribution in [0, 0.1) is 0 Å². The molecule has 9 nitrogen and oxygen atoms in total. The van der Waals surface area contributed by atoms with Gasteiger partial charge in [0.05, 0.1) is 33.5 Å². The van der Waals surface area contributed by atoms with Crippen LogP contribution in [0.2, 0.25) is 0 Å². The summed E-state index contributed by atoms with van der Waals surface area (Å²) in [6, 6.07) is 4.86. The Kier molecular flexibility index (Phi) is 6.94. The summed E-state index contributed by atoms with van der Waals surface area (Å²) in [6.07, 6.45) is 0.269. The molecule has 3 rings (SSSR count). The summed E-state index contributed by atoms with van der Waals surface area (Å²) in [7, 11) is 3.12. The summed E-state index contributed by atoms with van der Waals surface area (Å²) in [6.45, 7) is 5.03. The van der Waals surface area contributed by atoms with Crippen molar-refractivity contribution >= 4 is 17.6 Å². The third kappa shape index (κ3) is 5.05. The number of nitrogens with zero attached hydrogens (tertiary/aromatic N) is 2. The summed E-state index contributed by atoms with van der Waals surface area (Å²) in [5.41, 5.74) is 0.722. The minimum atomic E-state index is -0.250. The Balaban J connectivity index is 1.48. The monoisotopic (exact) mass is 392 g/mol. The molecule has 0 bridgehead atoms. The van der Waals surface area contributed by atoms with Gasteiger partial charge in [0.1, 0.15) is 0 Å². The lowest BCUT2D eigenvalue weighted by Crippen LogP contribution is -2.46. The van der Waals surface area contributed by atoms with Crippen molar-refractivity contribution < 1.29 is 23.8 Å². The van der Waals surface area contributed by atoms with Gasteiger partial charge in [0, 0.05) is 50.9 Å². The van der Waals surface area contributed by atoms with E-state index in [0.29, 0.717) is 24.6 Å². The predicted octanol–water partition coefficient (Wildman–Crippen LogP) is 0.441. The van der Waals surface area contributed by atoms with E-state index in [4.69, 9.17) is 14.2 Å². The summed E-state index contributed by atoms with van der Waals surface area (Å²) < 4.78 is 15.8. The van der Waals surface area contributed by atoms with Crippen molar-refractivity contribution in [1.29, 1.82) is 0 Å². The molecule has 0 saturated carbocycles. The lowest BCUT2D eigenvalue weighted by molar-refractivity contribution is -0.117. The van der Waals surface area contributed by atoms with Crippen molar-refractivity contribution in [2.24, 2.45) is 0 Å². The highest BCUT2D eigenvalue weighted by atomic mass is 16.5. The fourth-order valence-electron chi connectivity index (χ4n) is 3.44. The third-order valence-corrected chi connectivity index (χ3v) is 4.96. The molecule has 154 valence electrons. The minimum absolute atomic E-state index is 0.0363. The molecule has 2 heterocycles. The van der Waals surface area contributed by atoms with Crippen LogP contribution in [0.5, 0.6) is 11.5 Å². The highest BCUT2D eigenvalue weighted by Crippen LogP contribution is 2.33. The van der Waals surface area contributed by atoms with E-state index in [0.717, 1.165) is 38.5 Å². The number of carbonyl (C=O) groups is 2. The fraction of sp³-hybridized carbons (Fsp3) is 0.579. The Labute approximate surface area is 164 Å². The van der Waals surface area contributed by atoms with Crippen LogP contribution in [-0.2, 0) is 9.53 Å². The lowest BCUT2D eigenvalue weighted by atomic mass is 10.2. The van der Waals surface area contributed by atoms with E-state index >= 15 is 0 Å². The largest absolute Gasteiger partial charge is 0.493 e. The lowest BCUT2D eigenvalue weighted by Gasteiger charge is -2.26. The van der Waals surface area contributed by atoms with Gasteiger partial charge in [0.15, 0.2) is 11.5 Å². The van der Waals surface area contributed by atoms with Gasteiger partial charge in [-0.3, -0.25) is 9.69 Å². The van der Waals surface area contributed by atoms with Crippen LogP contribution in [-0.4, -0.2) is 83.0 Å². The minimum Gasteiger partial charge on any atom is -0.493 e. The predicted molar refractivity (Wildman–Crippen MR) is 104 cm³/mol. The van der Waals surface area contributed by atoms with Crippen LogP contribution in [0.15, 0.2) is 18.2 Å². The second-order valence-electron chi connectivity index (χ2n) is 6.80. The molecule has 0 aliphatic carbocycles. The van der Waals surface area contributed by atoms with Gasteiger partial charge >= 0.3 is 6.03 Å². The van der Waals surface area contributed by atoms with Gasteiger partial charge in [-0.15, -0.1) is 0 Å². The normalized spacial score (nSPS) is 20.1. The van der Waals surface area contributed by atoms with Crippen molar-refractivity contribution in [2.75, 3.05) is 65.1 Å². The van der Waals surface area contributed by atoms with Crippen LogP contribution in [0.1, 0.15) is 6.42 Å². The zero-order valence-electron chi connectivity index (χ0n) is 16.4. The first-order valence-corrected chi connectivity index (χ1v) is 9.47. The molecule has 2 N–H and O–H groups in total. The third-order valence-electron chi connectivity index (χ3n) is 4.96. The molecule has 28 heavy (non-hydrogen) atoms. The first kappa shape index (κ1) is 20.2. The molecule has 2 aliphatic heterocycles. The van der Waals surface area contributed by atoms with Gasteiger partial charge in [-0.25, -0.2) is 4.79 Å². The Morgan fingerprint density at radius 3 is 2.68 bits per heavy atom. The molecule has 1 aromatic rings. The van der Waals surface area contributed by atoms with E-state index in [1.165, 1.54) is 0 Å². The zero-order chi connectivity index (χ0) is 19.9. The highest BCUT2D eigenvalue weighted by molar-refractivity contribution is 5.97.